The van der Waals surface area contributed by atoms with Gasteiger partial charge < -0.3 is 10.1 Å². The summed E-state index contributed by atoms with van der Waals surface area (Å²) in [5.74, 6) is 1.34. The van der Waals surface area contributed by atoms with E-state index in [1.807, 2.05) is 4.57 Å². The van der Waals surface area contributed by atoms with Gasteiger partial charge in [0.05, 0.1) is 17.9 Å². The maximum Gasteiger partial charge on any atom is 0.234 e. The van der Waals surface area contributed by atoms with Crippen molar-refractivity contribution in [3.63, 3.8) is 0 Å². The number of benzene rings is 2. The molecule has 1 heterocycles. The predicted molar refractivity (Wildman–Crippen MR) is 118 cm³/mol. The number of rotatable bonds is 8. The molecule has 0 spiro atoms. The van der Waals surface area contributed by atoms with Crippen LogP contribution in [0, 0.1) is 0 Å². The first-order valence-corrected chi connectivity index (χ1v) is 10.3. The topological polar surface area (TPSA) is 69.0 Å². The van der Waals surface area contributed by atoms with E-state index in [2.05, 4.69) is 22.1 Å². The van der Waals surface area contributed by atoms with Crippen LogP contribution in [0.4, 0.5) is 5.69 Å². The summed E-state index contributed by atoms with van der Waals surface area (Å²) < 4.78 is 6.96. The van der Waals surface area contributed by atoms with E-state index in [1.165, 1.54) is 11.8 Å². The van der Waals surface area contributed by atoms with Crippen molar-refractivity contribution in [1.29, 1.82) is 0 Å². The fraction of sp³-hybridized carbons (Fsp3) is 0.150. The van der Waals surface area contributed by atoms with Gasteiger partial charge in [0.25, 0.3) is 0 Å². The van der Waals surface area contributed by atoms with Crippen molar-refractivity contribution < 1.29 is 9.53 Å². The van der Waals surface area contributed by atoms with Crippen LogP contribution in [0.3, 0.4) is 0 Å². The molecule has 150 valence electrons. The molecule has 0 aliphatic heterocycles. The summed E-state index contributed by atoms with van der Waals surface area (Å²) in [5.41, 5.74) is 1.40. The van der Waals surface area contributed by atoms with Crippen LogP contribution in [-0.4, -0.2) is 33.5 Å². The maximum atomic E-state index is 12.3. The highest BCUT2D eigenvalue weighted by Gasteiger charge is 2.17. The van der Waals surface area contributed by atoms with Crippen LogP contribution < -0.4 is 10.1 Å². The van der Waals surface area contributed by atoms with Crippen LogP contribution in [0.2, 0.25) is 10.0 Å². The number of halogens is 2. The van der Waals surface area contributed by atoms with E-state index < -0.39 is 0 Å². The summed E-state index contributed by atoms with van der Waals surface area (Å²) in [6.45, 7) is 4.26. The van der Waals surface area contributed by atoms with E-state index in [0.29, 0.717) is 38.8 Å². The lowest BCUT2D eigenvalue weighted by atomic mass is 10.2. The number of nitrogens with one attached hydrogen (secondary N) is 1. The van der Waals surface area contributed by atoms with Crippen LogP contribution in [0.25, 0.3) is 11.4 Å². The summed E-state index contributed by atoms with van der Waals surface area (Å²) in [4.78, 5) is 12.3. The first-order chi connectivity index (χ1) is 14.0. The van der Waals surface area contributed by atoms with Crippen LogP contribution in [0.15, 0.2) is 60.3 Å². The molecule has 0 atom stereocenters. The van der Waals surface area contributed by atoms with Crippen molar-refractivity contribution in [1.82, 2.24) is 14.8 Å². The molecule has 3 aromatic rings. The number of carbonyl (C=O) groups is 1. The summed E-state index contributed by atoms with van der Waals surface area (Å²) in [5, 5.41) is 12.9. The third kappa shape index (κ3) is 5.32. The average molecular weight is 449 g/mol. The van der Waals surface area contributed by atoms with Gasteiger partial charge in [0, 0.05) is 22.8 Å². The molecule has 0 saturated carbocycles. The Morgan fingerprint density at radius 2 is 2.00 bits per heavy atom. The van der Waals surface area contributed by atoms with Crippen molar-refractivity contribution in [2.24, 2.45) is 0 Å². The largest absolute Gasteiger partial charge is 0.497 e. The Balaban J connectivity index is 1.72. The van der Waals surface area contributed by atoms with E-state index in [-0.39, 0.29) is 11.7 Å². The van der Waals surface area contributed by atoms with Gasteiger partial charge in [0.1, 0.15) is 5.75 Å². The number of amides is 1. The van der Waals surface area contributed by atoms with E-state index in [4.69, 9.17) is 27.9 Å². The standard InChI is InChI=1S/C20H18Cl2N4O2S/c1-3-10-26-19(16-9-4-13(21)11-17(16)22)24-25-20(26)29-12-18(27)23-14-5-7-15(28-2)8-6-14/h3-9,11H,1,10,12H2,2H3,(H,23,27). The molecule has 0 radical (unpaired) electrons. The zero-order valence-electron chi connectivity index (χ0n) is 15.6. The van der Waals surface area contributed by atoms with Gasteiger partial charge >= 0.3 is 0 Å². The van der Waals surface area contributed by atoms with Gasteiger partial charge in [-0.15, -0.1) is 16.8 Å². The normalized spacial score (nSPS) is 10.6. The lowest BCUT2D eigenvalue weighted by Gasteiger charge is -2.09. The Bertz CT molecular complexity index is 1020. The number of nitrogens with zero attached hydrogens (tertiary/aromatic N) is 3. The zero-order valence-corrected chi connectivity index (χ0v) is 17.9. The van der Waals surface area contributed by atoms with Crippen molar-refractivity contribution >= 4 is 46.6 Å². The molecule has 1 amide bonds. The van der Waals surface area contributed by atoms with Crippen molar-refractivity contribution in [3.05, 3.63) is 65.2 Å². The Labute approximate surface area is 182 Å². The number of thioether (sulfide) groups is 1. The molecule has 29 heavy (non-hydrogen) atoms. The second-order valence-electron chi connectivity index (χ2n) is 5.89. The minimum Gasteiger partial charge on any atom is -0.497 e. The predicted octanol–water partition coefficient (Wildman–Crippen LogP) is 5.18. The molecule has 0 aliphatic rings. The quantitative estimate of drug-likeness (QED) is 0.379. The summed E-state index contributed by atoms with van der Waals surface area (Å²) in [6.07, 6.45) is 1.73. The van der Waals surface area contributed by atoms with Crippen molar-refractivity contribution in [3.8, 4) is 17.1 Å². The number of ether oxygens (including phenoxy) is 1. The maximum absolute atomic E-state index is 12.3. The third-order valence-corrected chi connectivity index (χ3v) is 5.42. The van der Waals surface area contributed by atoms with Crippen LogP contribution >= 0.6 is 35.0 Å². The minimum atomic E-state index is -0.153. The lowest BCUT2D eigenvalue weighted by molar-refractivity contribution is -0.113. The molecule has 1 N–H and O–H groups in total. The van der Waals surface area contributed by atoms with E-state index in [9.17, 15) is 4.79 Å². The van der Waals surface area contributed by atoms with Gasteiger partial charge in [0.2, 0.25) is 5.91 Å². The fourth-order valence-electron chi connectivity index (χ4n) is 2.56. The lowest BCUT2D eigenvalue weighted by Crippen LogP contribution is -2.14. The molecule has 0 fully saturated rings. The molecule has 0 bridgehead atoms. The number of hydrogen-bond donors (Lipinski definition) is 1. The number of allylic oxidation sites excluding steroid dienone is 1. The van der Waals surface area contributed by atoms with Gasteiger partial charge in [-0.1, -0.05) is 41.0 Å². The Morgan fingerprint density at radius 3 is 2.66 bits per heavy atom. The van der Waals surface area contributed by atoms with Gasteiger partial charge in [-0.3, -0.25) is 9.36 Å². The third-order valence-electron chi connectivity index (χ3n) is 3.91. The van der Waals surface area contributed by atoms with Crippen molar-refractivity contribution in [2.45, 2.75) is 11.7 Å². The summed E-state index contributed by atoms with van der Waals surface area (Å²) in [6, 6.07) is 12.3. The fourth-order valence-corrected chi connectivity index (χ4v) is 3.80. The number of carbonyl (C=O) groups excluding carboxylic acids is 1. The number of hydrogen-bond acceptors (Lipinski definition) is 5. The summed E-state index contributed by atoms with van der Waals surface area (Å²) >= 11 is 13.6. The Morgan fingerprint density at radius 1 is 1.24 bits per heavy atom. The van der Waals surface area contributed by atoms with Gasteiger partial charge in [-0.25, -0.2) is 0 Å². The van der Waals surface area contributed by atoms with Crippen LogP contribution in [0.5, 0.6) is 5.75 Å². The SMILES string of the molecule is C=CCn1c(SCC(=O)Nc2ccc(OC)cc2)nnc1-c1ccc(Cl)cc1Cl. The van der Waals surface area contributed by atoms with Crippen LogP contribution in [-0.2, 0) is 11.3 Å². The van der Waals surface area contributed by atoms with Crippen molar-refractivity contribution in [2.75, 3.05) is 18.2 Å². The molecule has 0 unspecified atom stereocenters. The highest BCUT2D eigenvalue weighted by Crippen LogP contribution is 2.31. The molecule has 0 saturated heterocycles. The monoisotopic (exact) mass is 448 g/mol. The first kappa shape index (κ1) is 21.2. The van der Waals surface area contributed by atoms with Gasteiger partial charge in [-0.2, -0.15) is 0 Å². The number of methoxy groups -OCH3 is 1. The molecule has 6 nitrogen and oxygen atoms in total. The highest BCUT2D eigenvalue weighted by atomic mass is 35.5. The second kappa shape index (κ2) is 9.82. The molecular formula is C20H18Cl2N4O2S. The number of anilines is 1. The Kier molecular flexibility index (Phi) is 7.19. The molecule has 2 aromatic carbocycles. The molecule has 1 aromatic heterocycles. The summed E-state index contributed by atoms with van der Waals surface area (Å²) in [7, 11) is 1.59. The molecule has 0 aliphatic carbocycles. The molecular weight excluding hydrogens is 431 g/mol. The minimum absolute atomic E-state index is 0.153. The second-order valence-corrected chi connectivity index (χ2v) is 7.68. The van der Waals surface area contributed by atoms with Gasteiger partial charge in [0.15, 0.2) is 11.0 Å². The number of aromatic nitrogens is 3. The highest BCUT2D eigenvalue weighted by molar-refractivity contribution is 7.99. The zero-order chi connectivity index (χ0) is 20.8. The Hall–Kier alpha value is -2.48. The van der Waals surface area contributed by atoms with E-state index >= 15 is 0 Å². The van der Waals surface area contributed by atoms with Gasteiger partial charge in [-0.05, 0) is 42.5 Å². The van der Waals surface area contributed by atoms with E-state index in [0.717, 1.165) is 5.75 Å². The smallest absolute Gasteiger partial charge is 0.234 e. The first-order valence-electron chi connectivity index (χ1n) is 8.58. The van der Waals surface area contributed by atoms with E-state index in [1.54, 1.807) is 55.7 Å². The van der Waals surface area contributed by atoms with Crippen LogP contribution in [0.1, 0.15) is 0 Å². The average Bonchev–Trinajstić information content (AvgIpc) is 3.10. The molecule has 3 rings (SSSR count). The molecule has 9 heteroatoms.